The van der Waals surface area contributed by atoms with Crippen LogP contribution in [0.1, 0.15) is 123 Å². The van der Waals surface area contributed by atoms with Crippen molar-refractivity contribution in [2.24, 2.45) is 11.3 Å². The first-order valence-corrected chi connectivity index (χ1v) is 20.1. The maximum atomic E-state index is 12.6. The van der Waals surface area contributed by atoms with Crippen molar-refractivity contribution in [3.63, 3.8) is 0 Å². The summed E-state index contributed by atoms with van der Waals surface area (Å²) >= 11 is 0. The molecule has 0 bridgehead atoms. The molecule has 4 aromatic rings. The Labute approximate surface area is 303 Å². The SMILES string of the molecule is CCC(C)(CC)Oc1ccc(C2(c3ccccc3)CC(C)CC(C)(C)C2)cc1.CCC(CC)c1ccc(S(=O)(=O)c2ccc(OC)cc2)cc1. The van der Waals surface area contributed by atoms with Gasteiger partial charge in [0, 0.05) is 5.41 Å². The van der Waals surface area contributed by atoms with E-state index in [4.69, 9.17) is 9.47 Å². The predicted molar refractivity (Wildman–Crippen MR) is 208 cm³/mol. The zero-order valence-corrected chi connectivity index (χ0v) is 32.8. The van der Waals surface area contributed by atoms with Crippen LogP contribution in [0.15, 0.2) is 113 Å². The average molecular weight is 697 g/mol. The van der Waals surface area contributed by atoms with E-state index in [2.05, 4.69) is 110 Å². The molecule has 1 aliphatic carbocycles. The summed E-state index contributed by atoms with van der Waals surface area (Å²) in [5.74, 6) is 2.82. The van der Waals surface area contributed by atoms with Gasteiger partial charge in [0.2, 0.25) is 9.84 Å². The number of hydrogen-bond acceptors (Lipinski definition) is 4. The first-order valence-electron chi connectivity index (χ1n) is 18.6. The highest BCUT2D eigenvalue weighted by Crippen LogP contribution is 2.53. The van der Waals surface area contributed by atoms with Gasteiger partial charge in [-0.25, -0.2) is 8.42 Å². The number of sulfone groups is 1. The van der Waals surface area contributed by atoms with E-state index in [9.17, 15) is 8.42 Å². The summed E-state index contributed by atoms with van der Waals surface area (Å²) in [5, 5.41) is 0. The molecular formula is C45H60O4S. The van der Waals surface area contributed by atoms with Crippen molar-refractivity contribution in [2.45, 2.75) is 127 Å². The maximum Gasteiger partial charge on any atom is 0.206 e. The van der Waals surface area contributed by atoms with Crippen molar-refractivity contribution >= 4 is 9.84 Å². The highest BCUT2D eigenvalue weighted by molar-refractivity contribution is 7.91. The Hall–Kier alpha value is -3.57. The first kappa shape index (κ1) is 39.2. The van der Waals surface area contributed by atoms with E-state index in [-0.39, 0.29) is 15.9 Å². The fraction of sp³-hybridized carbons (Fsp3) is 0.467. The fourth-order valence-electron chi connectivity index (χ4n) is 8.03. The van der Waals surface area contributed by atoms with Gasteiger partial charge in [-0.3, -0.25) is 0 Å². The van der Waals surface area contributed by atoms with E-state index < -0.39 is 9.84 Å². The lowest BCUT2D eigenvalue weighted by molar-refractivity contribution is 0.0801. The highest BCUT2D eigenvalue weighted by atomic mass is 32.2. The minimum Gasteiger partial charge on any atom is -0.497 e. The van der Waals surface area contributed by atoms with Crippen molar-refractivity contribution in [2.75, 3.05) is 7.11 Å². The molecule has 5 rings (SSSR count). The molecule has 5 heteroatoms. The molecular weight excluding hydrogens is 637 g/mol. The Morgan fingerprint density at radius 2 is 1.22 bits per heavy atom. The van der Waals surface area contributed by atoms with Gasteiger partial charge in [0.25, 0.3) is 0 Å². The van der Waals surface area contributed by atoms with Gasteiger partial charge in [0.15, 0.2) is 0 Å². The minimum absolute atomic E-state index is 0.0831. The summed E-state index contributed by atoms with van der Waals surface area (Å²) in [6.45, 7) is 18.2. The molecule has 0 spiro atoms. The summed E-state index contributed by atoms with van der Waals surface area (Å²) < 4.78 is 36.6. The Morgan fingerprint density at radius 1 is 0.720 bits per heavy atom. The van der Waals surface area contributed by atoms with E-state index in [0.717, 1.165) is 31.4 Å². The van der Waals surface area contributed by atoms with Crippen molar-refractivity contribution in [3.05, 3.63) is 120 Å². The molecule has 1 fully saturated rings. The molecule has 50 heavy (non-hydrogen) atoms. The third kappa shape index (κ3) is 9.20. The minimum atomic E-state index is -3.48. The number of ether oxygens (including phenoxy) is 2. The highest BCUT2D eigenvalue weighted by Gasteiger charge is 2.45. The lowest BCUT2D eigenvalue weighted by atomic mass is 9.55. The van der Waals surface area contributed by atoms with Crippen molar-refractivity contribution < 1.29 is 17.9 Å². The Bertz CT molecular complexity index is 1720. The molecule has 0 aliphatic heterocycles. The lowest BCUT2D eigenvalue weighted by Gasteiger charge is -2.48. The first-order chi connectivity index (χ1) is 23.7. The molecule has 0 heterocycles. The Kier molecular flexibility index (Phi) is 13.0. The molecule has 0 aromatic heterocycles. The molecule has 1 saturated carbocycles. The summed E-state index contributed by atoms with van der Waals surface area (Å²) in [5.41, 5.74) is 4.42. The third-order valence-corrected chi connectivity index (χ3v) is 12.8. The van der Waals surface area contributed by atoms with Crippen LogP contribution in [0.25, 0.3) is 0 Å². The predicted octanol–water partition coefficient (Wildman–Crippen LogP) is 12.2. The van der Waals surface area contributed by atoms with Crippen LogP contribution >= 0.6 is 0 Å². The van der Waals surface area contributed by atoms with Gasteiger partial charge in [0.1, 0.15) is 17.1 Å². The van der Waals surface area contributed by atoms with Gasteiger partial charge in [-0.15, -0.1) is 0 Å². The van der Waals surface area contributed by atoms with Gasteiger partial charge in [-0.1, -0.05) is 103 Å². The van der Waals surface area contributed by atoms with Crippen LogP contribution in [-0.4, -0.2) is 21.1 Å². The van der Waals surface area contributed by atoms with E-state index in [1.807, 2.05) is 12.1 Å². The molecule has 2 atom stereocenters. The molecule has 4 aromatic carbocycles. The lowest BCUT2D eigenvalue weighted by Crippen LogP contribution is -2.41. The maximum absolute atomic E-state index is 12.6. The number of benzene rings is 4. The number of hydrogen-bond donors (Lipinski definition) is 0. The molecule has 4 nitrogen and oxygen atoms in total. The monoisotopic (exact) mass is 696 g/mol. The van der Waals surface area contributed by atoms with E-state index in [1.54, 1.807) is 43.5 Å². The van der Waals surface area contributed by atoms with Crippen LogP contribution in [0.4, 0.5) is 0 Å². The molecule has 270 valence electrons. The molecule has 0 amide bonds. The normalized spacial score (nSPS) is 19.0. The van der Waals surface area contributed by atoms with Crippen LogP contribution in [-0.2, 0) is 15.3 Å². The summed E-state index contributed by atoms with van der Waals surface area (Å²) in [6.07, 6.45) is 7.85. The average Bonchev–Trinajstić information content (AvgIpc) is 3.12. The van der Waals surface area contributed by atoms with Crippen LogP contribution in [0, 0.1) is 11.3 Å². The standard InChI is InChI=1S/C27H38O.C18H22O3S/c1-7-26(6,8-2)28-24-16-14-23(15-17-24)27(22-12-10-9-11-13-22)19-21(3)18-25(4,5)20-27;1-4-14(5-2)15-6-10-17(11-7-15)22(19,20)18-12-8-16(21-3)9-13-18/h9-17,21H,7-8,18-20H2,1-6H3;6-14H,4-5H2,1-3H3. The van der Waals surface area contributed by atoms with Crippen LogP contribution in [0.3, 0.4) is 0 Å². The number of rotatable bonds is 12. The second kappa shape index (κ2) is 16.6. The Morgan fingerprint density at radius 3 is 1.70 bits per heavy atom. The largest absolute Gasteiger partial charge is 0.497 e. The van der Waals surface area contributed by atoms with E-state index in [1.165, 1.54) is 36.0 Å². The molecule has 0 N–H and O–H groups in total. The molecule has 0 saturated heterocycles. The summed E-state index contributed by atoms with van der Waals surface area (Å²) in [4.78, 5) is 0.607. The Balaban J connectivity index is 0.000000232. The van der Waals surface area contributed by atoms with Gasteiger partial charge >= 0.3 is 0 Å². The summed E-state index contributed by atoms with van der Waals surface area (Å²) in [7, 11) is -1.92. The molecule has 0 radical (unpaired) electrons. The summed E-state index contributed by atoms with van der Waals surface area (Å²) in [6, 6.07) is 33.9. The zero-order chi connectivity index (χ0) is 36.6. The van der Waals surface area contributed by atoms with Crippen molar-refractivity contribution in [1.82, 2.24) is 0 Å². The molecule has 1 aliphatic rings. The van der Waals surface area contributed by atoms with Crippen molar-refractivity contribution in [1.29, 1.82) is 0 Å². The third-order valence-electron chi connectivity index (χ3n) is 11.0. The second-order valence-corrected chi connectivity index (χ2v) is 17.3. The van der Waals surface area contributed by atoms with E-state index in [0.29, 0.717) is 27.9 Å². The van der Waals surface area contributed by atoms with Crippen molar-refractivity contribution in [3.8, 4) is 11.5 Å². The smallest absolute Gasteiger partial charge is 0.206 e. The fourth-order valence-corrected chi connectivity index (χ4v) is 9.29. The van der Waals surface area contributed by atoms with Crippen LogP contribution < -0.4 is 9.47 Å². The second-order valence-electron chi connectivity index (χ2n) is 15.3. The van der Waals surface area contributed by atoms with E-state index >= 15 is 0 Å². The molecule has 2 unspecified atom stereocenters. The topological polar surface area (TPSA) is 52.6 Å². The van der Waals surface area contributed by atoms with Gasteiger partial charge < -0.3 is 9.47 Å². The quantitative estimate of drug-likeness (QED) is 0.148. The van der Waals surface area contributed by atoms with Gasteiger partial charge in [0.05, 0.1) is 16.9 Å². The zero-order valence-electron chi connectivity index (χ0n) is 32.0. The van der Waals surface area contributed by atoms with Gasteiger partial charge in [-0.2, -0.15) is 0 Å². The number of methoxy groups -OCH3 is 1. The van der Waals surface area contributed by atoms with Crippen LogP contribution in [0.2, 0.25) is 0 Å². The van der Waals surface area contributed by atoms with Gasteiger partial charge in [-0.05, 0) is 134 Å². The van der Waals surface area contributed by atoms with Crippen LogP contribution in [0.5, 0.6) is 11.5 Å².